The molecule has 4 aromatic rings. The van der Waals surface area contributed by atoms with Crippen molar-refractivity contribution in [2.75, 3.05) is 6.61 Å². The largest absolute Gasteiger partial charge is 0.489 e. The third-order valence-corrected chi connectivity index (χ3v) is 6.31. The Bertz CT molecular complexity index is 1370. The van der Waals surface area contributed by atoms with E-state index in [4.69, 9.17) is 21.3 Å². The van der Waals surface area contributed by atoms with E-state index in [0.29, 0.717) is 41.7 Å². The zero-order chi connectivity index (χ0) is 20.6. The fraction of sp³-hybridized carbons (Fsp3) is 0.273. The highest BCUT2D eigenvalue weighted by atomic mass is 35.5. The van der Waals surface area contributed by atoms with Gasteiger partial charge < -0.3 is 19.0 Å². The van der Waals surface area contributed by atoms with Crippen LogP contribution in [0.1, 0.15) is 23.2 Å². The molecule has 3 heterocycles. The monoisotopic (exact) mass is 425 g/mol. The van der Waals surface area contributed by atoms with E-state index < -0.39 is 11.8 Å². The number of carboxylic acid groups (broad SMARTS) is 1. The maximum atomic E-state index is 14.3. The summed E-state index contributed by atoms with van der Waals surface area (Å²) >= 11 is 6.37. The fourth-order valence-corrected chi connectivity index (χ4v) is 4.62. The van der Waals surface area contributed by atoms with Crippen molar-refractivity contribution in [1.29, 1.82) is 0 Å². The summed E-state index contributed by atoms with van der Waals surface area (Å²) in [5.41, 5.74) is 3.02. The number of aromatic carboxylic acids is 1. The average molecular weight is 426 g/mol. The van der Waals surface area contributed by atoms with Gasteiger partial charge in [-0.05, 0) is 49.1 Å². The van der Waals surface area contributed by atoms with Crippen molar-refractivity contribution in [3.05, 3.63) is 46.7 Å². The van der Waals surface area contributed by atoms with Crippen LogP contribution < -0.4 is 4.74 Å². The molecule has 1 aliphatic heterocycles. The minimum Gasteiger partial charge on any atom is -0.489 e. The van der Waals surface area contributed by atoms with E-state index in [9.17, 15) is 14.3 Å². The number of rotatable bonds is 4. The molecule has 0 spiro atoms. The molecule has 0 saturated heterocycles. The third-order valence-electron chi connectivity index (χ3n) is 5.95. The van der Waals surface area contributed by atoms with Gasteiger partial charge in [-0.1, -0.05) is 11.6 Å². The second-order valence-corrected chi connectivity index (χ2v) is 8.34. The molecular formula is C22H17ClFN3O3. The number of benzene rings is 2. The van der Waals surface area contributed by atoms with Crippen molar-refractivity contribution in [1.82, 2.24) is 14.1 Å². The molecule has 6 nitrogen and oxygen atoms in total. The maximum absolute atomic E-state index is 14.3. The van der Waals surface area contributed by atoms with E-state index >= 15 is 0 Å². The number of halogens is 2. The second kappa shape index (κ2) is 6.22. The smallest absolute Gasteiger partial charge is 0.335 e. The molecule has 6 rings (SSSR count). The summed E-state index contributed by atoms with van der Waals surface area (Å²) in [4.78, 5) is 16.3. The highest BCUT2D eigenvalue weighted by molar-refractivity contribution is 6.35. The lowest BCUT2D eigenvalue weighted by Gasteiger charge is -2.19. The van der Waals surface area contributed by atoms with Crippen LogP contribution in [0.2, 0.25) is 5.02 Å². The number of fused-ring (bicyclic) bond motifs is 1. The van der Waals surface area contributed by atoms with Gasteiger partial charge in [-0.3, -0.25) is 0 Å². The highest BCUT2D eigenvalue weighted by Gasteiger charge is 2.29. The molecule has 0 amide bonds. The van der Waals surface area contributed by atoms with Gasteiger partial charge in [0.2, 0.25) is 0 Å². The SMILES string of the molecule is O=C(O)c1cc2c3c(c1)nc(-c1cc4ccc(F)c(Cl)c4n1CC1CC1)n3CCO2. The first-order valence-corrected chi connectivity index (χ1v) is 10.3. The molecule has 1 saturated carbocycles. The second-order valence-electron chi connectivity index (χ2n) is 7.97. The zero-order valence-electron chi connectivity index (χ0n) is 15.9. The number of hydrogen-bond donors (Lipinski definition) is 1. The topological polar surface area (TPSA) is 69.3 Å². The van der Waals surface area contributed by atoms with Crippen LogP contribution in [0.3, 0.4) is 0 Å². The molecule has 152 valence electrons. The number of imidazole rings is 1. The normalized spacial score (nSPS) is 15.7. The summed E-state index contributed by atoms with van der Waals surface area (Å²) in [6.45, 7) is 1.76. The van der Waals surface area contributed by atoms with Gasteiger partial charge in [-0.25, -0.2) is 14.2 Å². The van der Waals surface area contributed by atoms with Crippen molar-refractivity contribution < 1.29 is 19.0 Å². The van der Waals surface area contributed by atoms with Crippen LogP contribution >= 0.6 is 11.6 Å². The van der Waals surface area contributed by atoms with Gasteiger partial charge >= 0.3 is 5.97 Å². The number of ether oxygens (including phenoxy) is 1. The Kier molecular flexibility index (Phi) is 3.68. The van der Waals surface area contributed by atoms with Crippen LogP contribution in [-0.2, 0) is 13.1 Å². The van der Waals surface area contributed by atoms with Crippen LogP contribution in [-0.4, -0.2) is 31.8 Å². The number of carboxylic acids is 1. The number of hydrogen-bond acceptors (Lipinski definition) is 3. The van der Waals surface area contributed by atoms with Gasteiger partial charge in [0.05, 0.1) is 28.8 Å². The molecule has 2 aromatic heterocycles. The van der Waals surface area contributed by atoms with E-state index in [-0.39, 0.29) is 10.6 Å². The zero-order valence-corrected chi connectivity index (χ0v) is 16.6. The minimum atomic E-state index is -1.02. The quantitative estimate of drug-likeness (QED) is 0.502. The Labute approximate surface area is 175 Å². The molecule has 1 aliphatic carbocycles. The fourth-order valence-electron chi connectivity index (χ4n) is 4.35. The van der Waals surface area contributed by atoms with Crippen LogP contribution in [0, 0.1) is 11.7 Å². The molecule has 2 aliphatic rings. The lowest BCUT2D eigenvalue weighted by Crippen LogP contribution is -2.16. The Morgan fingerprint density at radius 2 is 2.10 bits per heavy atom. The Morgan fingerprint density at radius 3 is 2.87 bits per heavy atom. The number of aromatic nitrogens is 3. The van der Waals surface area contributed by atoms with Crippen LogP contribution in [0.4, 0.5) is 4.39 Å². The number of carbonyl (C=O) groups is 1. The molecule has 0 atom stereocenters. The Hall–Kier alpha value is -3.06. The predicted octanol–water partition coefficient (Wildman–Crippen LogP) is 4.95. The average Bonchev–Trinajstić information content (AvgIpc) is 3.37. The van der Waals surface area contributed by atoms with Gasteiger partial charge in [0.15, 0.2) is 5.82 Å². The van der Waals surface area contributed by atoms with Gasteiger partial charge in [0, 0.05) is 11.9 Å². The van der Waals surface area contributed by atoms with Crippen molar-refractivity contribution in [3.8, 4) is 17.3 Å². The maximum Gasteiger partial charge on any atom is 0.335 e. The summed E-state index contributed by atoms with van der Waals surface area (Å²) in [6.07, 6.45) is 2.28. The Balaban J connectivity index is 1.65. The number of nitrogens with zero attached hydrogens (tertiary/aromatic N) is 3. The van der Waals surface area contributed by atoms with Crippen molar-refractivity contribution in [3.63, 3.8) is 0 Å². The predicted molar refractivity (Wildman–Crippen MR) is 111 cm³/mol. The van der Waals surface area contributed by atoms with E-state index in [1.807, 2.05) is 6.07 Å². The molecule has 30 heavy (non-hydrogen) atoms. The third kappa shape index (κ3) is 2.55. The van der Waals surface area contributed by atoms with E-state index in [1.54, 1.807) is 12.1 Å². The standard InChI is InChI=1S/C22H17ClFN3O3/c23-18-14(24)4-3-12-8-16(27(19(12)18)10-11-1-2-11)21-25-15-7-13(22(28)29)9-17-20(15)26(21)5-6-30-17/h3-4,7-9,11H,1-2,5-6,10H2,(H,28,29). The van der Waals surface area contributed by atoms with Crippen LogP contribution in [0.5, 0.6) is 5.75 Å². The van der Waals surface area contributed by atoms with Gasteiger partial charge in [-0.15, -0.1) is 0 Å². The van der Waals surface area contributed by atoms with Crippen molar-refractivity contribution in [2.24, 2.45) is 5.92 Å². The lowest BCUT2D eigenvalue weighted by molar-refractivity contribution is 0.0696. The Morgan fingerprint density at radius 1 is 1.27 bits per heavy atom. The first-order valence-electron chi connectivity index (χ1n) is 9.89. The minimum absolute atomic E-state index is 0.117. The van der Waals surface area contributed by atoms with Crippen molar-refractivity contribution >= 4 is 39.5 Å². The lowest BCUT2D eigenvalue weighted by atomic mass is 10.1. The summed E-state index contributed by atoms with van der Waals surface area (Å²) < 4.78 is 24.1. The first-order chi connectivity index (χ1) is 14.5. The summed E-state index contributed by atoms with van der Waals surface area (Å²) in [5, 5.41) is 10.4. The molecular weight excluding hydrogens is 409 g/mol. The molecule has 2 aromatic carbocycles. The van der Waals surface area contributed by atoms with Gasteiger partial charge in [-0.2, -0.15) is 0 Å². The van der Waals surface area contributed by atoms with E-state index in [0.717, 1.165) is 36.0 Å². The molecule has 0 bridgehead atoms. The van der Waals surface area contributed by atoms with Gasteiger partial charge in [0.1, 0.15) is 28.7 Å². The molecule has 1 fully saturated rings. The first kappa shape index (κ1) is 17.8. The van der Waals surface area contributed by atoms with Gasteiger partial charge in [0.25, 0.3) is 0 Å². The molecule has 0 unspecified atom stereocenters. The molecule has 8 heteroatoms. The highest BCUT2D eigenvalue weighted by Crippen LogP contribution is 2.41. The summed E-state index contributed by atoms with van der Waals surface area (Å²) in [6, 6.07) is 8.21. The van der Waals surface area contributed by atoms with Crippen LogP contribution in [0.15, 0.2) is 30.3 Å². The van der Waals surface area contributed by atoms with E-state index in [1.165, 1.54) is 12.1 Å². The summed E-state index contributed by atoms with van der Waals surface area (Å²) in [7, 11) is 0. The van der Waals surface area contributed by atoms with E-state index in [2.05, 4.69) is 9.13 Å². The van der Waals surface area contributed by atoms with Crippen LogP contribution in [0.25, 0.3) is 33.5 Å². The molecule has 1 N–H and O–H groups in total. The molecule has 0 radical (unpaired) electrons. The van der Waals surface area contributed by atoms with Crippen molar-refractivity contribution in [2.45, 2.75) is 25.9 Å². The summed E-state index contributed by atoms with van der Waals surface area (Å²) in [5.74, 6) is 0.307.